The van der Waals surface area contributed by atoms with Gasteiger partial charge in [-0.2, -0.15) is 0 Å². The van der Waals surface area contributed by atoms with Crippen molar-refractivity contribution < 1.29 is 27.8 Å². The highest BCUT2D eigenvalue weighted by Crippen LogP contribution is 2.23. The van der Waals surface area contributed by atoms with Gasteiger partial charge in [-0.3, -0.25) is 4.79 Å². The van der Waals surface area contributed by atoms with Crippen LogP contribution >= 0.6 is 0 Å². The van der Waals surface area contributed by atoms with E-state index in [-0.39, 0.29) is 17.9 Å². The fraction of sp³-hybridized carbons (Fsp3) is 0.462. The fourth-order valence-electron chi connectivity index (χ4n) is 1.67. The fourth-order valence-corrected chi connectivity index (χ4v) is 1.67. The first-order chi connectivity index (χ1) is 8.98. The largest absolute Gasteiger partial charge is 0.573 e. The van der Waals surface area contributed by atoms with Gasteiger partial charge in [0.15, 0.2) is 0 Å². The highest BCUT2D eigenvalue weighted by Gasteiger charge is 2.31. The van der Waals surface area contributed by atoms with E-state index in [9.17, 15) is 23.1 Å². The molecule has 1 N–H and O–H groups in total. The van der Waals surface area contributed by atoms with Gasteiger partial charge in [-0.1, -0.05) is 0 Å². The van der Waals surface area contributed by atoms with E-state index in [4.69, 9.17) is 0 Å². The lowest BCUT2D eigenvalue weighted by Crippen LogP contribution is -2.39. The number of ether oxygens (including phenoxy) is 1. The smallest absolute Gasteiger partial charge is 0.406 e. The van der Waals surface area contributed by atoms with E-state index in [0.29, 0.717) is 0 Å². The minimum Gasteiger partial charge on any atom is -0.406 e. The molecular formula is C13H16F3NO3. The van der Waals surface area contributed by atoms with Gasteiger partial charge in [0, 0.05) is 19.2 Å². The van der Waals surface area contributed by atoms with Crippen LogP contribution in [0.1, 0.15) is 24.2 Å². The van der Waals surface area contributed by atoms with Gasteiger partial charge < -0.3 is 14.7 Å². The molecule has 0 radical (unpaired) electrons. The second-order valence-corrected chi connectivity index (χ2v) is 5.05. The molecule has 0 heterocycles. The third kappa shape index (κ3) is 5.48. The number of rotatable bonds is 4. The van der Waals surface area contributed by atoms with Gasteiger partial charge in [-0.05, 0) is 38.1 Å². The normalized spacial score (nSPS) is 12.2. The average Bonchev–Trinajstić information content (AvgIpc) is 2.24. The predicted molar refractivity (Wildman–Crippen MR) is 66.4 cm³/mol. The molecule has 112 valence electrons. The summed E-state index contributed by atoms with van der Waals surface area (Å²) >= 11 is 0. The summed E-state index contributed by atoms with van der Waals surface area (Å²) in [6.45, 7) is 3.21. The maximum Gasteiger partial charge on any atom is 0.573 e. The number of aliphatic hydroxyl groups is 1. The molecule has 0 fully saturated rings. The highest BCUT2D eigenvalue weighted by molar-refractivity contribution is 5.94. The maximum atomic E-state index is 12.0. The summed E-state index contributed by atoms with van der Waals surface area (Å²) in [4.78, 5) is 13.3. The van der Waals surface area contributed by atoms with Crippen LogP contribution in [0.25, 0.3) is 0 Å². The van der Waals surface area contributed by atoms with Crippen LogP contribution in [0.15, 0.2) is 24.3 Å². The van der Waals surface area contributed by atoms with Crippen molar-refractivity contribution in [3.63, 3.8) is 0 Å². The average molecular weight is 291 g/mol. The second kappa shape index (κ2) is 5.70. The maximum absolute atomic E-state index is 12.0. The van der Waals surface area contributed by atoms with E-state index < -0.39 is 17.9 Å². The van der Waals surface area contributed by atoms with E-state index in [2.05, 4.69) is 4.74 Å². The summed E-state index contributed by atoms with van der Waals surface area (Å²) < 4.78 is 39.7. The molecule has 0 spiro atoms. The number of alkyl halides is 3. The van der Waals surface area contributed by atoms with Crippen LogP contribution in [-0.4, -0.2) is 41.5 Å². The topological polar surface area (TPSA) is 49.8 Å². The van der Waals surface area contributed by atoms with E-state index in [1.54, 1.807) is 13.8 Å². The van der Waals surface area contributed by atoms with Crippen molar-refractivity contribution in [1.82, 2.24) is 4.90 Å². The Labute approximate surface area is 114 Å². The third-order valence-electron chi connectivity index (χ3n) is 2.31. The van der Waals surface area contributed by atoms with Crippen molar-refractivity contribution >= 4 is 5.91 Å². The molecule has 1 aromatic carbocycles. The van der Waals surface area contributed by atoms with E-state index in [0.717, 1.165) is 12.1 Å². The minimum atomic E-state index is -4.76. The van der Waals surface area contributed by atoms with Crippen LogP contribution in [-0.2, 0) is 0 Å². The lowest BCUT2D eigenvalue weighted by Gasteiger charge is -2.25. The SMILES string of the molecule is CN(CC(C)(C)O)C(=O)c1ccc(OC(F)(F)F)cc1. The zero-order valence-electron chi connectivity index (χ0n) is 11.4. The van der Waals surface area contributed by atoms with Crippen LogP contribution in [0.2, 0.25) is 0 Å². The van der Waals surface area contributed by atoms with Crippen LogP contribution < -0.4 is 4.74 Å². The molecule has 0 aliphatic carbocycles. The molecule has 1 amide bonds. The zero-order valence-corrected chi connectivity index (χ0v) is 11.4. The van der Waals surface area contributed by atoms with Gasteiger partial charge in [0.1, 0.15) is 5.75 Å². The Kier molecular flexibility index (Phi) is 4.65. The van der Waals surface area contributed by atoms with Crippen molar-refractivity contribution in [1.29, 1.82) is 0 Å². The molecule has 0 atom stereocenters. The Hall–Kier alpha value is -1.76. The number of carbonyl (C=O) groups is 1. The van der Waals surface area contributed by atoms with E-state index >= 15 is 0 Å². The lowest BCUT2D eigenvalue weighted by molar-refractivity contribution is -0.274. The number of amides is 1. The monoisotopic (exact) mass is 291 g/mol. The van der Waals surface area contributed by atoms with Crippen molar-refractivity contribution in [2.24, 2.45) is 0 Å². The molecule has 0 saturated heterocycles. The molecule has 0 bridgehead atoms. The predicted octanol–water partition coefficient (Wildman–Crippen LogP) is 2.43. The van der Waals surface area contributed by atoms with Gasteiger partial charge in [0.05, 0.1) is 5.60 Å². The summed E-state index contributed by atoms with van der Waals surface area (Å²) in [5, 5.41) is 9.62. The van der Waals surface area contributed by atoms with Gasteiger partial charge in [0.2, 0.25) is 0 Å². The molecule has 0 aliphatic rings. The first-order valence-corrected chi connectivity index (χ1v) is 5.81. The van der Waals surface area contributed by atoms with Crippen molar-refractivity contribution in [2.45, 2.75) is 25.8 Å². The first kappa shape index (κ1) is 16.3. The summed E-state index contributed by atoms with van der Waals surface area (Å²) in [5.41, 5.74) is -0.838. The number of nitrogens with zero attached hydrogens (tertiary/aromatic N) is 1. The number of likely N-dealkylation sites (N-methyl/N-ethyl adjacent to an activating group) is 1. The summed E-state index contributed by atoms with van der Waals surface area (Å²) in [5.74, 6) is -0.787. The van der Waals surface area contributed by atoms with Crippen LogP contribution in [0, 0.1) is 0 Å². The van der Waals surface area contributed by atoms with Crippen molar-refractivity contribution in [3.05, 3.63) is 29.8 Å². The van der Waals surface area contributed by atoms with Crippen LogP contribution in [0.3, 0.4) is 0 Å². The summed E-state index contributed by atoms with van der Waals surface area (Å²) in [6.07, 6.45) is -4.76. The van der Waals surface area contributed by atoms with Crippen molar-refractivity contribution in [3.8, 4) is 5.75 Å². The first-order valence-electron chi connectivity index (χ1n) is 5.81. The zero-order chi connectivity index (χ0) is 15.6. The van der Waals surface area contributed by atoms with Crippen molar-refractivity contribution in [2.75, 3.05) is 13.6 Å². The molecule has 4 nitrogen and oxygen atoms in total. The van der Waals surface area contributed by atoms with Crippen LogP contribution in [0.4, 0.5) is 13.2 Å². The number of carbonyl (C=O) groups excluding carboxylic acids is 1. The lowest BCUT2D eigenvalue weighted by atomic mass is 10.1. The number of hydrogen-bond acceptors (Lipinski definition) is 3. The molecule has 0 unspecified atom stereocenters. The Balaban J connectivity index is 2.76. The molecule has 20 heavy (non-hydrogen) atoms. The molecule has 0 aromatic heterocycles. The molecule has 0 saturated carbocycles. The second-order valence-electron chi connectivity index (χ2n) is 5.05. The quantitative estimate of drug-likeness (QED) is 0.927. The molecule has 7 heteroatoms. The Morgan fingerprint density at radius 3 is 2.15 bits per heavy atom. The molecular weight excluding hydrogens is 275 g/mol. The van der Waals surface area contributed by atoms with Gasteiger partial charge in [-0.15, -0.1) is 13.2 Å². The minimum absolute atomic E-state index is 0.104. The number of halogens is 3. The summed E-state index contributed by atoms with van der Waals surface area (Å²) in [7, 11) is 1.50. The molecule has 0 aliphatic heterocycles. The molecule has 1 rings (SSSR count). The van der Waals surface area contributed by atoms with Crippen LogP contribution in [0.5, 0.6) is 5.75 Å². The van der Waals surface area contributed by atoms with Gasteiger partial charge in [-0.25, -0.2) is 0 Å². The van der Waals surface area contributed by atoms with Gasteiger partial charge in [0.25, 0.3) is 5.91 Å². The highest BCUT2D eigenvalue weighted by atomic mass is 19.4. The van der Waals surface area contributed by atoms with E-state index in [1.165, 1.54) is 24.1 Å². The number of hydrogen-bond donors (Lipinski definition) is 1. The third-order valence-corrected chi connectivity index (χ3v) is 2.31. The van der Waals surface area contributed by atoms with E-state index in [1.807, 2.05) is 0 Å². The number of benzene rings is 1. The Bertz CT molecular complexity index is 463. The Morgan fingerprint density at radius 1 is 1.25 bits per heavy atom. The summed E-state index contributed by atoms with van der Waals surface area (Å²) in [6, 6.07) is 4.62. The molecule has 1 aromatic rings. The Morgan fingerprint density at radius 2 is 1.75 bits per heavy atom. The van der Waals surface area contributed by atoms with Gasteiger partial charge >= 0.3 is 6.36 Å². The standard InChI is InChI=1S/C13H16F3NO3/c1-12(2,19)8-17(3)11(18)9-4-6-10(7-5-9)20-13(14,15)16/h4-7,19H,8H2,1-3H3.